The number of carbonyl (C=O) groups is 1. The van der Waals surface area contributed by atoms with E-state index >= 15 is 0 Å². The zero-order chi connectivity index (χ0) is 19.5. The first-order valence-electron chi connectivity index (χ1n) is 9.15. The number of methoxy groups -OCH3 is 1. The molecule has 7 heteroatoms. The number of rotatable bonds is 6. The lowest BCUT2D eigenvalue weighted by Gasteiger charge is -2.30. The third-order valence-corrected chi connectivity index (χ3v) is 6.68. The molecular formula is C19H30N2O4S. The smallest absolute Gasteiger partial charge is 0.257 e. The van der Waals surface area contributed by atoms with Crippen molar-refractivity contribution in [3.8, 4) is 5.75 Å². The van der Waals surface area contributed by atoms with Crippen LogP contribution >= 0.6 is 0 Å². The molecule has 0 aliphatic carbocycles. The van der Waals surface area contributed by atoms with E-state index in [2.05, 4.69) is 11.6 Å². The van der Waals surface area contributed by atoms with Crippen LogP contribution in [0.1, 0.15) is 50.9 Å². The number of nitrogens with zero attached hydrogens (tertiary/aromatic N) is 1. The van der Waals surface area contributed by atoms with Crippen molar-refractivity contribution >= 4 is 15.9 Å². The van der Waals surface area contributed by atoms with Gasteiger partial charge in [0.25, 0.3) is 5.91 Å². The second-order valence-electron chi connectivity index (χ2n) is 7.49. The lowest BCUT2D eigenvalue weighted by molar-refractivity contribution is 0.0693. The minimum Gasteiger partial charge on any atom is -0.496 e. The van der Waals surface area contributed by atoms with Crippen molar-refractivity contribution in [1.82, 2.24) is 9.62 Å². The van der Waals surface area contributed by atoms with Gasteiger partial charge in [0.05, 0.1) is 17.6 Å². The first-order valence-corrected chi connectivity index (χ1v) is 10.6. The molecule has 1 aromatic rings. The Kier molecular flexibility index (Phi) is 6.69. The minimum atomic E-state index is -3.70. The normalized spacial score (nSPS) is 17.4. The number of amides is 1. The number of hydrogen-bond donors (Lipinski definition) is 1. The van der Waals surface area contributed by atoms with Crippen molar-refractivity contribution in [2.24, 2.45) is 11.8 Å². The van der Waals surface area contributed by atoms with E-state index in [-0.39, 0.29) is 22.8 Å². The predicted octanol–water partition coefficient (Wildman–Crippen LogP) is 2.89. The maximum absolute atomic E-state index is 12.9. The summed E-state index contributed by atoms with van der Waals surface area (Å²) in [5, 5.41) is 0. The summed E-state index contributed by atoms with van der Waals surface area (Å²) in [7, 11) is -2.22. The third-order valence-electron chi connectivity index (χ3n) is 5.12. The fourth-order valence-electron chi connectivity index (χ4n) is 2.85. The van der Waals surface area contributed by atoms with Crippen molar-refractivity contribution in [1.29, 1.82) is 0 Å². The van der Waals surface area contributed by atoms with Gasteiger partial charge in [-0.15, -0.1) is 0 Å². The molecule has 0 radical (unpaired) electrons. The van der Waals surface area contributed by atoms with Crippen molar-refractivity contribution in [3.05, 3.63) is 23.8 Å². The molecule has 1 N–H and O–H groups in total. The van der Waals surface area contributed by atoms with Gasteiger partial charge in [-0.3, -0.25) is 4.79 Å². The molecule has 0 bridgehead atoms. The molecule has 1 atom stereocenters. The third kappa shape index (κ3) is 4.76. The Morgan fingerprint density at radius 1 is 1.23 bits per heavy atom. The van der Waals surface area contributed by atoms with Gasteiger partial charge in [0, 0.05) is 19.1 Å². The lowest BCUT2D eigenvalue weighted by Crippen LogP contribution is -2.38. The molecular weight excluding hydrogens is 352 g/mol. The summed E-state index contributed by atoms with van der Waals surface area (Å²) in [6.07, 6.45) is 1.92. The van der Waals surface area contributed by atoms with Crippen LogP contribution in [0.5, 0.6) is 5.75 Å². The summed E-state index contributed by atoms with van der Waals surface area (Å²) in [5.41, 5.74) is 0.294. The van der Waals surface area contributed by atoms with Crippen molar-refractivity contribution < 1.29 is 17.9 Å². The highest BCUT2D eigenvalue weighted by Crippen LogP contribution is 2.26. The summed E-state index contributed by atoms with van der Waals surface area (Å²) >= 11 is 0. The molecule has 1 aliphatic rings. The number of carbonyl (C=O) groups excluding carboxylic acids is 1. The maximum Gasteiger partial charge on any atom is 0.257 e. The monoisotopic (exact) mass is 382 g/mol. The van der Waals surface area contributed by atoms with Crippen LogP contribution in [0.2, 0.25) is 0 Å². The molecule has 0 unspecified atom stereocenters. The van der Waals surface area contributed by atoms with E-state index in [9.17, 15) is 13.2 Å². The number of hydrogen-bond acceptors (Lipinski definition) is 4. The maximum atomic E-state index is 12.9. The van der Waals surface area contributed by atoms with Gasteiger partial charge in [0.15, 0.2) is 0 Å². The van der Waals surface area contributed by atoms with Crippen LogP contribution in [0.3, 0.4) is 0 Å². The van der Waals surface area contributed by atoms with Gasteiger partial charge >= 0.3 is 0 Å². The summed E-state index contributed by atoms with van der Waals surface area (Å²) in [5.74, 6) is 0.987. The van der Waals surface area contributed by atoms with E-state index in [1.165, 1.54) is 19.2 Å². The van der Waals surface area contributed by atoms with Crippen molar-refractivity contribution in [2.75, 3.05) is 20.2 Å². The molecule has 0 saturated carbocycles. The highest BCUT2D eigenvalue weighted by atomic mass is 32.2. The molecule has 1 saturated heterocycles. The molecule has 0 aromatic heterocycles. The largest absolute Gasteiger partial charge is 0.496 e. The van der Waals surface area contributed by atoms with E-state index in [1.54, 1.807) is 11.0 Å². The number of nitrogens with one attached hydrogen (secondary N) is 1. The fraction of sp³-hybridized carbons (Fsp3) is 0.632. The first-order chi connectivity index (χ1) is 12.2. The lowest BCUT2D eigenvalue weighted by atomic mass is 9.98. The van der Waals surface area contributed by atoms with Crippen molar-refractivity contribution in [2.45, 2.75) is 51.5 Å². The molecule has 2 rings (SSSR count). The van der Waals surface area contributed by atoms with E-state index in [0.717, 1.165) is 12.8 Å². The van der Waals surface area contributed by atoms with E-state index < -0.39 is 10.0 Å². The zero-order valence-electron chi connectivity index (χ0n) is 16.3. The second kappa shape index (κ2) is 8.39. The van der Waals surface area contributed by atoms with Gasteiger partial charge in [-0.25, -0.2) is 13.1 Å². The Hall–Kier alpha value is -1.60. The highest BCUT2D eigenvalue weighted by Gasteiger charge is 2.26. The Morgan fingerprint density at radius 2 is 1.85 bits per heavy atom. The number of benzene rings is 1. The van der Waals surface area contributed by atoms with E-state index in [1.807, 2.05) is 20.8 Å². The molecule has 1 heterocycles. The highest BCUT2D eigenvalue weighted by molar-refractivity contribution is 7.89. The van der Waals surface area contributed by atoms with Crippen LogP contribution in [0.4, 0.5) is 0 Å². The Balaban J connectivity index is 2.32. The number of sulfonamides is 1. The average molecular weight is 383 g/mol. The summed E-state index contributed by atoms with van der Waals surface area (Å²) < 4.78 is 33.3. The average Bonchev–Trinajstić information content (AvgIpc) is 2.60. The standard InChI is InChI=1S/C19H30N2O4S/c1-13(2)15(4)20-26(23,24)16-6-7-18(25-5)17(12-16)19(22)21-10-8-14(3)9-11-21/h6-7,12-15,20H,8-11H2,1-5H3/t15-/m1/s1. The first kappa shape index (κ1) is 20.7. The summed E-state index contributed by atoms with van der Waals surface area (Å²) in [4.78, 5) is 14.8. The summed E-state index contributed by atoms with van der Waals surface area (Å²) in [6.45, 7) is 9.27. The molecule has 0 spiro atoms. The van der Waals surface area contributed by atoms with Gasteiger partial charge in [-0.2, -0.15) is 0 Å². The van der Waals surface area contributed by atoms with Crippen LogP contribution in [0.25, 0.3) is 0 Å². The molecule has 1 aromatic carbocycles. The van der Waals surface area contributed by atoms with Crippen LogP contribution in [-0.4, -0.2) is 45.5 Å². The Morgan fingerprint density at radius 3 is 2.38 bits per heavy atom. The predicted molar refractivity (Wildman–Crippen MR) is 102 cm³/mol. The molecule has 1 fully saturated rings. The van der Waals surface area contributed by atoms with Gasteiger partial charge < -0.3 is 9.64 Å². The molecule has 1 aliphatic heterocycles. The zero-order valence-corrected chi connectivity index (χ0v) is 17.1. The van der Waals surface area contributed by atoms with Gasteiger partial charge in [0.2, 0.25) is 10.0 Å². The van der Waals surface area contributed by atoms with Crippen molar-refractivity contribution in [3.63, 3.8) is 0 Å². The number of piperidine rings is 1. The van der Waals surface area contributed by atoms with Crippen LogP contribution in [0.15, 0.2) is 23.1 Å². The van der Waals surface area contributed by atoms with E-state index in [0.29, 0.717) is 30.3 Å². The fourth-order valence-corrected chi connectivity index (χ4v) is 4.27. The molecule has 1 amide bonds. The number of ether oxygens (including phenoxy) is 1. The SMILES string of the molecule is COc1ccc(S(=O)(=O)N[C@H](C)C(C)C)cc1C(=O)N1CCC(C)CC1. The molecule has 26 heavy (non-hydrogen) atoms. The van der Waals surface area contributed by atoms with Crippen LogP contribution in [-0.2, 0) is 10.0 Å². The molecule has 6 nitrogen and oxygen atoms in total. The van der Waals surface area contributed by atoms with Crippen LogP contribution < -0.4 is 9.46 Å². The Bertz CT molecular complexity index is 738. The van der Waals surface area contributed by atoms with Crippen LogP contribution in [0, 0.1) is 11.8 Å². The van der Waals surface area contributed by atoms with Gasteiger partial charge in [-0.1, -0.05) is 20.8 Å². The molecule has 146 valence electrons. The summed E-state index contributed by atoms with van der Waals surface area (Å²) in [6, 6.07) is 4.25. The van der Waals surface area contributed by atoms with Gasteiger partial charge in [-0.05, 0) is 49.8 Å². The quantitative estimate of drug-likeness (QED) is 0.821. The van der Waals surface area contributed by atoms with Gasteiger partial charge in [0.1, 0.15) is 5.75 Å². The Labute approximate surface area is 157 Å². The van der Waals surface area contributed by atoms with E-state index in [4.69, 9.17) is 4.74 Å². The second-order valence-corrected chi connectivity index (χ2v) is 9.20. The minimum absolute atomic E-state index is 0.0829. The topological polar surface area (TPSA) is 75.7 Å². The number of likely N-dealkylation sites (tertiary alicyclic amines) is 1.